The SMILES string of the molecule is CCCS(=O)(=O)CCC1(c2cccc(Cl)c2)CNC1. The Morgan fingerprint density at radius 1 is 1.32 bits per heavy atom. The fourth-order valence-electron chi connectivity index (χ4n) is 2.53. The lowest BCUT2D eigenvalue weighted by molar-refractivity contribution is 0.268. The van der Waals surface area contributed by atoms with Gasteiger partial charge < -0.3 is 5.32 Å². The Morgan fingerprint density at radius 3 is 2.58 bits per heavy atom. The molecular formula is C14H20ClNO2S. The molecule has 1 aromatic rings. The molecule has 0 unspecified atom stereocenters. The molecular weight excluding hydrogens is 282 g/mol. The Kier molecular flexibility index (Phi) is 4.54. The highest BCUT2D eigenvalue weighted by Gasteiger charge is 2.39. The van der Waals surface area contributed by atoms with Crippen LogP contribution in [-0.2, 0) is 15.3 Å². The van der Waals surface area contributed by atoms with Crippen LogP contribution in [0.5, 0.6) is 0 Å². The summed E-state index contributed by atoms with van der Waals surface area (Å²) in [5, 5.41) is 3.96. The van der Waals surface area contributed by atoms with E-state index in [1.807, 2.05) is 31.2 Å². The summed E-state index contributed by atoms with van der Waals surface area (Å²) >= 11 is 6.03. The third-order valence-corrected chi connectivity index (χ3v) is 5.86. The highest BCUT2D eigenvalue weighted by molar-refractivity contribution is 7.91. The molecule has 5 heteroatoms. The minimum absolute atomic E-state index is 0.0638. The van der Waals surface area contributed by atoms with Crippen molar-refractivity contribution in [3.63, 3.8) is 0 Å². The van der Waals surface area contributed by atoms with E-state index in [0.717, 1.165) is 18.7 Å². The Bertz CT molecular complexity index is 538. The summed E-state index contributed by atoms with van der Waals surface area (Å²) in [6.45, 7) is 3.55. The van der Waals surface area contributed by atoms with Gasteiger partial charge in [-0.25, -0.2) is 8.42 Å². The first-order valence-electron chi connectivity index (χ1n) is 6.65. The molecule has 0 spiro atoms. The van der Waals surface area contributed by atoms with Crippen molar-refractivity contribution >= 4 is 21.4 Å². The molecule has 0 atom stereocenters. The van der Waals surface area contributed by atoms with Crippen molar-refractivity contribution in [1.29, 1.82) is 0 Å². The van der Waals surface area contributed by atoms with E-state index in [-0.39, 0.29) is 16.9 Å². The van der Waals surface area contributed by atoms with Crippen molar-refractivity contribution in [3.05, 3.63) is 34.9 Å². The number of halogens is 1. The second kappa shape index (κ2) is 5.81. The van der Waals surface area contributed by atoms with Gasteiger partial charge in [-0.1, -0.05) is 30.7 Å². The standard InChI is InChI=1S/C14H20ClNO2S/c1-2-7-19(17,18)8-6-14(10-16-11-14)12-4-3-5-13(15)9-12/h3-5,9,16H,2,6-8,10-11H2,1H3. The lowest BCUT2D eigenvalue weighted by atomic mass is 9.73. The minimum Gasteiger partial charge on any atom is -0.315 e. The van der Waals surface area contributed by atoms with E-state index in [1.165, 1.54) is 0 Å². The quantitative estimate of drug-likeness (QED) is 0.877. The maximum Gasteiger partial charge on any atom is 0.150 e. The average molecular weight is 302 g/mol. The highest BCUT2D eigenvalue weighted by Crippen LogP contribution is 2.34. The zero-order chi connectivity index (χ0) is 13.9. The van der Waals surface area contributed by atoms with Crippen LogP contribution in [0.15, 0.2) is 24.3 Å². The first-order chi connectivity index (χ1) is 8.97. The van der Waals surface area contributed by atoms with Gasteiger partial charge in [-0.05, 0) is 30.5 Å². The van der Waals surface area contributed by atoms with Gasteiger partial charge in [0.1, 0.15) is 9.84 Å². The number of benzene rings is 1. The molecule has 106 valence electrons. The van der Waals surface area contributed by atoms with E-state index < -0.39 is 9.84 Å². The molecule has 0 bridgehead atoms. The Labute approximate surface area is 120 Å². The van der Waals surface area contributed by atoms with Gasteiger partial charge >= 0.3 is 0 Å². The van der Waals surface area contributed by atoms with Gasteiger partial charge in [-0.2, -0.15) is 0 Å². The predicted octanol–water partition coefficient (Wildman–Crippen LogP) is 2.40. The van der Waals surface area contributed by atoms with Gasteiger partial charge in [0, 0.05) is 29.3 Å². The molecule has 1 aromatic carbocycles. The van der Waals surface area contributed by atoms with Crippen molar-refractivity contribution in [3.8, 4) is 0 Å². The van der Waals surface area contributed by atoms with Crippen LogP contribution in [-0.4, -0.2) is 33.0 Å². The van der Waals surface area contributed by atoms with Crippen molar-refractivity contribution in [2.24, 2.45) is 0 Å². The van der Waals surface area contributed by atoms with Gasteiger partial charge in [0.05, 0.1) is 5.75 Å². The zero-order valence-electron chi connectivity index (χ0n) is 11.2. The number of hydrogen-bond donors (Lipinski definition) is 1. The summed E-state index contributed by atoms with van der Waals surface area (Å²) in [6, 6.07) is 7.77. The summed E-state index contributed by atoms with van der Waals surface area (Å²) in [7, 11) is -2.92. The molecule has 2 rings (SSSR count). The van der Waals surface area contributed by atoms with Crippen LogP contribution in [0.3, 0.4) is 0 Å². The fourth-order valence-corrected chi connectivity index (χ4v) is 4.25. The fraction of sp³-hybridized carbons (Fsp3) is 0.571. The van der Waals surface area contributed by atoms with Gasteiger partial charge in [-0.3, -0.25) is 0 Å². The van der Waals surface area contributed by atoms with Crippen LogP contribution in [0.4, 0.5) is 0 Å². The molecule has 1 saturated heterocycles. The minimum atomic E-state index is -2.92. The average Bonchev–Trinajstić information content (AvgIpc) is 2.27. The van der Waals surface area contributed by atoms with Gasteiger partial charge in [0.2, 0.25) is 0 Å². The topological polar surface area (TPSA) is 46.2 Å². The molecule has 1 aliphatic heterocycles. The normalized spacial score (nSPS) is 18.0. The third kappa shape index (κ3) is 3.50. The van der Waals surface area contributed by atoms with Crippen LogP contribution in [0.2, 0.25) is 5.02 Å². The van der Waals surface area contributed by atoms with Crippen molar-refractivity contribution in [1.82, 2.24) is 5.32 Å². The van der Waals surface area contributed by atoms with Gasteiger partial charge in [0.25, 0.3) is 0 Å². The van der Waals surface area contributed by atoms with Crippen LogP contribution in [0, 0.1) is 0 Å². The first-order valence-corrected chi connectivity index (χ1v) is 8.85. The molecule has 1 N–H and O–H groups in total. The number of nitrogens with one attached hydrogen (secondary N) is 1. The van der Waals surface area contributed by atoms with E-state index in [1.54, 1.807) is 0 Å². The summed E-state index contributed by atoms with van der Waals surface area (Å²) in [5.74, 6) is 0.543. The molecule has 0 saturated carbocycles. The summed E-state index contributed by atoms with van der Waals surface area (Å²) in [6.07, 6.45) is 1.35. The maximum absolute atomic E-state index is 11.9. The number of sulfone groups is 1. The van der Waals surface area contributed by atoms with Gasteiger partial charge in [0.15, 0.2) is 0 Å². The molecule has 3 nitrogen and oxygen atoms in total. The number of hydrogen-bond acceptors (Lipinski definition) is 3. The highest BCUT2D eigenvalue weighted by atomic mass is 35.5. The molecule has 1 aliphatic rings. The second-order valence-corrected chi connectivity index (χ2v) is 8.04. The Hall–Kier alpha value is -0.580. The predicted molar refractivity (Wildman–Crippen MR) is 79.6 cm³/mol. The zero-order valence-corrected chi connectivity index (χ0v) is 12.7. The van der Waals surface area contributed by atoms with E-state index in [2.05, 4.69) is 5.32 Å². The van der Waals surface area contributed by atoms with Crippen LogP contribution in [0.1, 0.15) is 25.3 Å². The van der Waals surface area contributed by atoms with Crippen molar-refractivity contribution in [2.45, 2.75) is 25.2 Å². The van der Waals surface area contributed by atoms with E-state index in [4.69, 9.17) is 11.6 Å². The van der Waals surface area contributed by atoms with Crippen LogP contribution < -0.4 is 5.32 Å². The molecule has 19 heavy (non-hydrogen) atoms. The van der Waals surface area contributed by atoms with Gasteiger partial charge in [-0.15, -0.1) is 0 Å². The van der Waals surface area contributed by atoms with E-state index >= 15 is 0 Å². The first kappa shape index (κ1) is 14.8. The maximum atomic E-state index is 11.9. The molecule has 0 aliphatic carbocycles. The van der Waals surface area contributed by atoms with Crippen LogP contribution in [0.25, 0.3) is 0 Å². The van der Waals surface area contributed by atoms with E-state index in [0.29, 0.717) is 17.9 Å². The molecule has 0 amide bonds. The Balaban J connectivity index is 2.12. The molecule has 0 aromatic heterocycles. The number of rotatable bonds is 6. The Morgan fingerprint density at radius 2 is 2.05 bits per heavy atom. The second-order valence-electron chi connectivity index (χ2n) is 5.30. The largest absolute Gasteiger partial charge is 0.315 e. The third-order valence-electron chi connectivity index (χ3n) is 3.77. The molecule has 1 heterocycles. The summed E-state index contributed by atoms with van der Waals surface area (Å²) in [4.78, 5) is 0. The molecule has 1 fully saturated rings. The monoisotopic (exact) mass is 301 g/mol. The smallest absolute Gasteiger partial charge is 0.150 e. The van der Waals surface area contributed by atoms with Crippen LogP contribution >= 0.6 is 11.6 Å². The lowest BCUT2D eigenvalue weighted by Crippen LogP contribution is -2.57. The van der Waals surface area contributed by atoms with E-state index in [9.17, 15) is 8.42 Å². The summed E-state index contributed by atoms with van der Waals surface area (Å²) in [5.41, 5.74) is 1.08. The lowest BCUT2D eigenvalue weighted by Gasteiger charge is -2.43. The summed E-state index contributed by atoms with van der Waals surface area (Å²) < 4.78 is 23.7. The van der Waals surface area contributed by atoms with Crippen molar-refractivity contribution < 1.29 is 8.42 Å². The van der Waals surface area contributed by atoms with Crippen molar-refractivity contribution in [2.75, 3.05) is 24.6 Å². The molecule has 0 radical (unpaired) electrons.